The van der Waals surface area contributed by atoms with Gasteiger partial charge in [-0.2, -0.15) is 0 Å². The first-order valence-electron chi connectivity index (χ1n) is 9.08. The molecule has 6 heteroatoms. The largest absolute Gasteiger partial charge is 0.444 e. The van der Waals surface area contributed by atoms with Crippen LogP contribution in [0.15, 0.2) is 0 Å². The second kappa shape index (κ2) is 7.30. The third-order valence-electron chi connectivity index (χ3n) is 5.05. The minimum absolute atomic E-state index is 0.0361. The van der Waals surface area contributed by atoms with Crippen LogP contribution in [-0.2, 0) is 9.53 Å². The summed E-state index contributed by atoms with van der Waals surface area (Å²) in [4.78, 5) is 26.9. The van der Waals surface area contributed by atoms with Crippen LogP contribution in [0.25, 0.3) is 0 Å². The van der Waals surface area contributed by atoms with Crippen molar-refractivity contribution < 1.29 is 14.3 Å². The summed E-state index contributed by atoms with van der Waals surface area (Å²) in [6, 6.07) is 0. The molecule has 0 aromatic heterocycles. The first kappa shape index (κ1) is 19.0. The van der Waals surface area contributed by atoms with Crippen LogP contribution < -0.4 is 10.6 Å². The molecule has 0 aromatic carbocycles. The number of amides is 2. The number of nitrogens with one attached hydrogen (secondary N) is 2. The highest BCUT2D eigenvalue weighted by atomic mass is 16.6. The van der Waals surface area contributed by atoms with E-state index in [1.165, 1.54) is 0 Å². The van der Waals surface area contributed by atoms with Crippen LogP contribution in [0.1, 0.15) is 53.4 Å². The Morgan fingerprint density at radius 2 is 1.83 bits per heavy atom. The molecule has 1 aliphatic heterocycles. The Balaban J connectivity index is 1.93. The number of carbonyl (C=O) groups is 2. The SMILES string of the molecule is C[C@H]1CN(C)C[C@H]1C(=O)NC1(CNC(=O)OC(C)(C)C)CCCC1. The number of hydrogen-bond donors (Lipinski definition) is 2. The van der Waals surface area contributed by atoms with Crippen LogP contribution in [0.5, 0.6) is 0 Å². The Hall–Kier alpha value is -1.30. The average molecular weight is 339 g/mol. The van der Waals surface area contributed by atoms with Gasteiger partial charge in [-0.05, 0) is 46.6 Å². The van der Waals surface area contributed by atoms with E-state index in [1.807, 2.05) is 20.8 Å². The van der Waals surface area contributed by atoms with Crippen LogP contribution in [0, 0.1) is 11.8 Å². The van der Waals surface area contributed by atoms with Gasteiger partial charge >= 0.3 is 6.09 Å². The maximum atomic E-state index is 12.8. The minimum Gasteiger partial charge on any atom is -0.444 e. The lowest BCUT2D eigenvalue weighted by Gasteiger charge is -2.33. The van der Waals surface area contributed by atoms with E-state index in [-0.39, 0.29) is 17.4 Å². The third-order valence-corrected chi connectivity index (χ3v) is 5.05. The van der Waals surface area contributed by atoms with Gasteiger partial charge in [-0.25, -0.2) is 4.79 Å². The molecule has 138 valence electrons. The zero-order valence-corrected chi connectivity index (χ0v) is 15.8. The van der Waals surface area contributed by atoms with Crippen molar-refractivity contribution in [3.8, 4) is 0 Å². The summed E-state index contributed by atoms with van der Waals surface area (Å²) in [5, 5.41) is 6.12. The summed E-state index contributed by atoms with van der Waals surface area (Å²) in [6.07, 6.45) is 3.56. The minimum atomic E-state index is -0.514. The number of rotatable bonds is 4. The number of nitrogens with zero attached hydrogens (tertiary/aromatic N) is 1. The fourth-order valence-corrected chi connectivity index (χ4v) is 3.86. The van der Waals surface area contributed by atoms with E-state index in [2.05, 4.69) is 29.5 Å². The molecule has 0 aromatic rings. The molecule has 1 aliphatic carbocycles. The van der Waals surface area contributed by atoms with Gasteiger partial charge < -0.3 is 20.3 Å². The van der Waals surface area contributed by atoms with E-state index in [4.69, 9.17) is 4.74 Å². The highest BCUT2D eigenvalue weighted by Crippen LogP contribution is 2.31. The van der Waals surface area contributed by atoms with Crippen LogP contribution in [0.4, 0.5) is 4.79 Å². The molecule has 0 radical (unpaired) electrons. The van der Waals surface area contributed by atoms with Crippen molar-refractivity contribution in [1.82, 2.24) is 15.5 Å². The molecule has 2 N–H and O–H groups in total. The molecule has 1 saturated heterocycles. The summed E-state index contributed by atoms with van der Waals surface area (Å²) >= 11 is 0. The lowest BCUT2D eigenvalue weighted by molar-refractivity contribution is -0.127. The molecule has 1 saturated carbocycles. The zero-order chi connectivity index (χ0) is 18.0. The second-order valence-corrected chi connectivity index (χ2v) is 8.64. The van der Waals surface area contributed by atoms with Crippen LogP contribution in [0.3, 0.4) is 0 Å². The first-order chi connectivity index (χ1) is 11.1. The number of ether oxygens (including phenoxy) is 1. The monoisotopic (exact) mass is 339 g/mol. The summed E-state index contributed by atoms with van der Waals surface area (Å²) in [5.41, 5.74) is -0.838. The molecule has 2 rings (SSSR count). The molecular weight excluding hydrogens is 306 g/mol. The van der Waals surface area contributed by atoms with Gasteiger partial charge in [0.2, 0.25) is 5.91 Å². The van der Waals surface area contributed by atoms with E-state index >= 15 is 0 Å². The Morgan fingerprint density at radius 3 is 2.33 bits per heavy atom. The van der Waals surface area contributed by atoms with Crippen LogP contribution in [0.2, 0.25) is 0 Å². The number of carbonyl (C=O) groups excluding carboxylic acids is 2. The smallest absolute Gasteiger partial charge is 0.407 e. The van der Waals surface area contributed by atoms with Gasteiger partial charge in [-0.3, -0.25) is 4.79 Å². The Kier molecular flexibility index (Phi) is 5.78. The van der Waals surface area contributed by atoms with E-state index in [9.17, 15) is 9.59 Å². The molecule has 2 amide bonds. The topological polar surface area (TPSA) is 70.7 Å². The van der Waals surface area contributed by atoms with Gasteiger partial charge in [0.1, 0.15) is 5.60 Å². The summed E-state index contributed by atoms with van der Waals surface area (Å²) in [5.74, 6) is 0.529. The Labute approximate surface area is 145 Å². The van der Waals surface area contributed by atoms with Crippen molar-refractivity contribution in [1.29, 1.82) is 0 Å². The normalized spacial score (nSPS) is 27.0. The Bertz CT molecular complexity index is 467. The molecule has 6 nitrogen and oxygen atoms in total. The van der Waals surface area contributed by atoms with Gasteiger partial charge in [-0.1, -0.05) is 19.8 Å². The van der Waals surface area contributed by atoms with Crippen molar-refractivity contribution in [2.24, 2.45) is 11.8 Å². The van der Waals surface area contributed by atoms with Gasteiger partial charge in [0.25, 0.3) is 0 Å². The van der Waals surface area contributed by atoms with E-state index in [0.29, 0.717) is 12.5 Å². The average Bonchev–Trinajstić information content (AvgIpc) is 3.02. The van der Waals surface area contributed by atoms with Crippen LogP contribution >= 0.6 is 0 Å². The van der Waals surface area contributed by atoms with Crippen molar-refractivity contribution in [2.45, 2.75) is 64.5 Å². The maximum Gasteiger partial charge on any atom is 0.407 e. The highest BCUT2D eigenvalue weighted by molar-refractivity contribution is 5.80. The summed E-state index contributed by atoms with van der Waals surface area (Å²) in [7, 11) is 2.05. The molecule has 0 spiro atoms. The summed E-state index contributed by atoms with van der Waals surface area (Å²) in [6.45, 7) is 9.87. The van der Waals surface area contributed by atoms with Gasteiger partial charge in [0.15, 0.2) is 0 Å². The number of hydrogen-bond acceptors (Lipinski definition) is 4. The van der Waals surface area contributed by atoms with E-state index < -0.39 is 11.7 Å². The number of likely N-dealkylation sites (tertiary alicyclic amines) is 1. The van der Waals surface area contributed by atoms with Crippen LogP contribution in [-0.4, -0.2) is 54.7 Å². The van der Waals surface area contributed by atoms with Crippen molar-refractivity contribution in [2.75, 3.05) is 26.7 Å². The van der Waals surface area contributed by atoms with Gasteiger partial charge in [0, 0.05) is 19.6 Å². The molecule has 2 fully saturated rings. The predicted molar refractivity (Wildman–Crippen MR) is 93.7 cm³/mol. The molecule has 2 aliphatic rings. The molecular formula is C18H33N3O3. The maximum absolute atomic E-state index is 12.8. The standard InChI is InChI=1S/C18H33N3O3/c1-13-10-21(5)11-14(13)15(22)20-18(8-6-7-9-18)12-19-16(23)24-17(2,3)4/h13-14H,6-12H2,1-5H3,(H,19,23)(H,20,22)/t13-,14+/m0/s1. The summed E-state index contributed by atoms with van der Waals surface area (Å²) < 4.78 is 5.31. The van der Waals surface area contributed by atoms with Gasteiger partial charge in [0.05, 0.1) is 11.5 Å². The van der Waals surface area contributed by atoms with Crippen molar-refractivity contribution in [3.63, 3.8) is 0 Å². The zero-order valence-electron chi connectivity index (χ0n) is 15.8. The highest BCUT2D eigenvalue weighted by Gasteiger charge is 2.40. The first-order valence-corrected chi connectivity index (χ1v) is 9.08. The predicted octanol–water partition coefficient (Wildman–Crippen LogP) is 2.14. The quantitative estimate of drug-likeness (QED) is 0.823. The Morgan fingerprint density at radius 1 is 1.21 bits per heavy atom. The fourth-order valence-electron chi connectivity index (χ4n) is 3.86. The molecule has 1 heterocycles. The molecule has 0 unspecified atom stereocenters. The lowest BCUT2D eigenvalue weighted by Crippen LogP contribution is -2.56. The molecule has 24 heavy (non-hydrogen) atoms. The van der Waals surface area contributed by atoms with Gasteiger partial charge in [-0.15, -0.1) is 0 Å². The number of alkyl carbamates (subject to hydrolysis) is 1. The fraction of sp³-hybridized carbons (Fsp3) is 0.889. The van der Waals surface area contributed by atoms with E-state index in [1.54, 1.807) is 0 Å². The molecule has 2 atom stereocenters. The van der Waals surface area contributed by atoms with Crippen molar-refractivity contribution in [3.05, 3.63) is 0 Å². The van der Waals surface area contributed by atoms with Crippen molar-refractivity contribution >= 4 is 12.0 Å². The lowest BCUT2D eigenvalue weighted by atomic mass is 9.92. The molecule has 0 bridgehead atoms. The third kappa shape index (κ3) is 5.10. The van der Waals surface area contributed by atoms with E-state index in [0.717, 1.165) is 38.8 Å². The second-order valence-electron chi connectivity index (χ2n) is 8.64.